The molecule has 3 heteroatoms. The van der Waals surface area contributed by atoms with Crippen molar-refractivity contribution in [2.45, 2.75) is 105 Å². The summed E-state index contributed by atoms with van der Waals surface area (Å²) in [5, 5.41) is 0. The van der Waals surface area contributed by atoms with Crippen molar-refractivity contribution < 1.29 is 14.2 Å². The largest absolute Gasteiger partial charge is 0.488 e. The second-order valence-electron chi connectivity index (χ2n) is 11.3. The smallest absolute Gasteiger partial charge is 0.120 e. The van der Waals surface area contributed by atoms with E-state index in [1.165, 1.54) is 18.4 Å². The molecular formula is C25H42O3. The Hall–Kier alpha value is -1.06. The maximum atomic E-state index is 6.33. The number of hydrogen-bond donors (Lipinski definition) is 0. The van der Waals surface area contributed by atoms with Gasteiger partial charge in [-0.25, -0.2) is 0 Å². The first kappa shape index (κ1) is 23.2. The zero-order chi connectivity index (χ0) is 21.0. The van der Waals surface area contributed by atoms with E-state index >= 15 is 0 Å². The van der Waals surface area contributed by atoms with Gasteiger partial charge in [-0.2, -0.15) is 0 Å². The molecule has 0 bridgehead atoms. The van der Waals surface area contributed by atoms with E-state index in [-0.39, 0.29) is 16.6 Å². The molecule has 1 aliphatic rings. The molecule has 28 heavy (non-hydrogen) atoms. The van der Waals surface area contributed by atoms with Crippen LogP contribution in [0.2, 0.25) is 0 Å². The minimum Gasteiger partial charge on any atom is -0.488 e. The first-order chi connectivity index (χ1) is 12.8. The SMILES string of the molecule is CC(C)(C)COCc1ccc(OC(C)(C)CC2CCC(OC(C)(C)C)C2)cc1. The van der Waals surface area contributed by atoms with Gasteiger partial charge >= 0.3 is 0 Å². The molecule has 0 radical (unpaired) electrons. The summed E-state index contributed by atoms with van der Waals surface area (Å²) in [5.41, 5.74) is 1.16. The Bertz CT molecular complexity index is 590. The standard InChI is InChI=1S/C25H42O3/c1-23(2,3)18-26-17-19-9-12-21(13-10-19)28-25(7,8)16-20-11-14-22(15-20)27-24(4,5)6/h9-10,12-13,20,22H,11,14-18H2,1-8H3. The molecule has 0 heterocycles. The molecule has 0 aliphatic heterocycles. The fourth-order valence-corrected chi connectivity index (χ4v) is 4.01. The molecule has 3 nitrogen and oxygen atoms in total. The van der Waals surface area contributed by atoms with Crippen molar-refractivity contribution in [3.05, 3.63) is 29.8 Å². The van der Waals surface area contributed by atoms with Gasteiger partial charge in [-0.15, -0.1) is 0 Å². The van der Waals surface area contributed by atoms with Gasteiger partial charge in [-0.3, -0.25) is 0 Å². The lowest BCUT2D eigenvalue weighted by molar-refractivity contribution is -0.0584. The molecule has 0 aromatic heterocycles. The Morgan fingerprint density at radius 2 is 1.54 bits per heavy atom. The van der Waals surface area contributed by atoms with Crippen LogP contribution in [0.15, 0.2) is 24.3 Å². The summed E-state index contributed by atoms with van der Waals surface area (Å²) >= 11 is 0. The third-order valence-electron chi connectivity index (χ3n) is 4.91. The van der Waals surface area contributed by atoms with E-state index in [9.17, 15) is 0 Å². The van der Waals surface area contributed by atoms with E-state index in [1.807, 2.05) is 0 Å². The van der Waals surface area contributed by atoms with Crippen molar-refractivity contribution in [1.82, 2.24) is 0 Å². The van der Waals surface area contributed by atoms with Gasteiger partial charge in [0.25, 0.3) is 0 Å². The molecule has 160 valence electrons. The molecule has 1 aromatic carbocycles. The van der Waals surface area contributed by atoms with Crippen LogP contribution in [0.4, 0.5) is 0 Å². The van der Waals surface area contributed by atoms with Crippen LogP contribution in [-0.2, 0) is 16.1 Å². The Kier molecular flexibility index (Phi) is 7.61. The van der Waals surface area contributed by atoms with Crippen molar-refractivity contribution in [1.29, 1.82) is 0 Å². The van der Waals surface area contributed by atoms with Crippen LogP contribution < -0.4 is 4.74 Å². The minimum atomic E-state index is -0.175. The lowest BCUT2D eigenvalue weighted by Crippen LogP contribution is -2.31. The van der Waals surface area contributed by atoms with Gasteiger partial charge in [0, 0.05) is 0 Å². The molecule has 2 unspecified atom stereocenters. The highest BCUT2D eigenvalue weighted by molar-refractivity contribution is 5.27. The zero-order valence-corrected chi connectivity index (χ0v) is 19.4. The van der Waals surface area contributed by atoms with Crippen LogP contribution in [0.5, 0.6) is 5.75 Å². The molecule has 1 aromatic rings. The first-order valence-corrected chi connectivity index (χ1v) is 10.8. The first-order valence-electron chi connectivity index (χ1n) is 10.8. The molecule has 1 saturated carbocycles. The molecule has 2 rings (SSSR count). The van der Waals surface area contributed by atoms with Gasteiger partial charge in [0.2, 0.25) is 0 Å². The second-order valence-corrected chi connectivity index (χ2v) is 11.3. The van der Waals surface area contributed by atoms with Gasteiger partial charge in [0.15, 0.2) is 0 Å². The van der Waals surface area contributed by atoms with Gasteiger partial charge in [0.05, 0.1) is 24.9 Å². The van der Waals surface area contributed by atoms with Gasteiger partial charge in [0.1, 0.15) is 11.4 Å². The third-order valence-corrected chi connectivity index (χ3v) is 4.91. The Balaban J connectivity index is 1.80. The molecule has 0 amide bonds. The Morgan fingerprint density at radius 3 is 2.11 bits per heavy atom. The van der Waals surface area contributed by atoms with E-state index in [2.05, 4.69) is 79.7 Å². The summed E-state index contributed by atoms with van der Waals surface area (Å²) in [4.78, 5) is 0. The van der Waals surface area contributed by atoms with Crippen LogP contribution in [0.25, 0.3) is 0 Å². The van der Waals surface area contributed by atoms with E-state index < -0.39 is 0 Å². The van der Waals surface area contributed by atoms with Gasteiger partial charge < -0.3 is 14.2 Å². The average Bonchev–Trinajstić information content (AvgIpc) is 2.91. The summed E-state index contributed by atoms with van der Waals surface area (Å²) in [7, 11) is 0. The van der Waals surface area contributed by atoms with E-state index in [0.29, 0.717) is 18.6 Å². The summed E-state index contributed by atoms with van der Waals surface area (Å²) < 4.78 is 18.3. The number of ether oxygens (including phenoxy) is 3. The minimum absolute atomic E-state index is 0.0517. The maximum absolute atomic E-state index is 6.33. The van der Waals surface area contributed by atoms with Gasteiger partial charge in [-0.1, -0.05) is 32.9 Å². The van der Waals surface area contributed by atoms with Crippen molar-refractivity contribution in [2.75, 3.05) is 6.61 Å². The van der Waals surface area contributed by atoms with Crippen LogP contribution in [0, 0.1) is 11.3 Å². The van der Waals surface area contributed by atoms with E-state index in [0.717, 1.165) is 25.2 Å². The molecule has 2 atom stereocenters. The summed E-state index contributed by atoms with van der Waals surface area (Å²) in [6.45, 7) is 18.8. The number of rotatable bonds is 8. The molecule has 0 N–H and O–H groups in total. The van der Waals surface area contributed by atoms with E-state index in [1.54, 1.807) is 0 Å². The fraction of sp³-hybridized carbons (Fsp3) is 0.760. The highest BCUT2D eigenvalue weighted by Crippen LogP contribution is 2.37. The zero-order valence-electron chi connectivity index (χ0n) is 19.4. The lowest BCUT2D eigenvalue weighted by Gasteiger charge is -2.30. The monoisotopic (exact) mass is 390 g/mol. The van der Waals surface area contributed by atoms with E-state index in [4.69, 9.17) is 14.2 Å². The molecule has 1 fully saturated rings. The molecular weight excluding hydrogens is 348 g/mol. The molecule has 0 saturated heterocycles. The van der Waals surface area contributed by atoms with Crippen molar-refractivity contribution in [3.63, 3.8) is 0 Å². The number of hydrogen-bond acceptors (Lipinski definition) is 3. The Morgan fingerprint density at radius 1 is 0.893 bits per heavy atom. The summed E-state index contributed by atoms with van der Waals surface area (Å²) in [5.74, 6) is 1.61. The summed E-state index contributed by atoms with van der Waals surface area (Å²) in [6.07, 6.45) is 5.01. The van der Waals surface area contributed by atoms with Crippen LogP contribution in [0.3, 0.4) is 0 Å². The predicted octanol–water partition coefficient (Wildman–Crippen LogP) is 6.78. The predicted molar refractivity (Wildman–Crippen MR) is 117 cm³/mol. The quantitative estimate of drug-likeness (QED) is 0.489. The third kappa shape index (κ3) is 8.96. The highest BCUT2D eigenvalue weighted by atomic mass is 16.5. The van der Waals surface area contributed by atoms with Gasteiger partial charge in [-0.05, 0) is 89.3 Å². The number of benzene rings is 1. The normalized spacial score (nSPS) is 21.1. The van der Waals surface area contributed by atoms with Crippen molar-refractivity contribution >= 4 is 0 Å². The van der Waals surface area contributed by atoms with Crippen LogP contribution >= 0.6 is 0 Å². The molecule has 1 aliphatic carbocycles. The summed E-state index contributed by atoms with van der Waals surface area (Å²) in [6, 6.07) is 8.35. The average molecular weight is 391 g/mol. The maximum Gasteiger partial charge on any atom is 0.120 e. The fourth-order valence-electron chi connectivity index (χ4n) is 4.01. The van der Waals surface area contributed by atoms with Crippen LogP contribution in [0.1, 0.15) is 86.6 Å². The lowest BCUT2D eigenvalue weighted by atomic mass is 9.92. The second kappa shape index (κ2) is 9.17. The van der Waals surface area contributed by atoms with Crippen LogP contribution in [-0.4, -0.2) is 23.9 Å². The van der Waals surface area contributed by atoms with Crippen molar-refractivity contribution in [2.24, 2.45) is 11.3 Å². The molecule has 0 spiro atoms. The topological polar surface area (TPSA) is 27.7 Å². The van der Waals surface area contributed by atoms with Crippen molar-refractivity contribution in [3.8, 4) is 5.75 Å². The Labute approximate surface area is 173 Å². The highest BCUT2D eigenvalue weighted by Gasteiger charge is 2.33.